The summed E-state index contributed by atoms with van der Waals surface area (Å²) >= 11 is 0. The van der Waals surface area contributed by atoms with E-state index in [-0.39, 0.29) is 0 Å². The smallest absolute Gasteiger partial charge is 0.201 e. The van der Waals surface area contributed by atoms with Crippen LogP contribution < -0.4 is 5.73 Å². The molecule has 0 spiro atoms. The highest BCUT2D eigenvalue weighted by atomic mass is 15.2. The second kappa shape index (κ2) is 3.25. The molecule has 1 aromatic carbocycles. The van der Waals surface area contributed by atoms with Crippen LogP contribution in [0.15, 0.2) is 18.2 Å². The van der Waals surface area contributed by atoms with Crippen LogP contribution in [0.2, 0.25) is 0 Å². The second-order valence-corrected chi connectivity index (χ2v) is 5.91. The van der Waals surface area contributed by atoms with Gasteiger partial charge in [-0.1, -0.05) is 26.0 Å². The predicted molar refractivity (Wildman–Crippen MR) is 70.8 cm³/mol. The molecule has 1 saturated carbocycles. The summed E-state index contributed by atoms with van der Waals surface area (Å²) in [5.74, 6) is 1.39. The summed E-state index contributed by atoms with van der Waals surface area (Å²) in [7, 11) is 0. The van der Waals surface area contributed by atoms with Crippen LogP contribution in [0.5, 0.6) is 0 Å². The second-order valence-electron chi connectivity index (χ2n) is 5.91. The first-order chi connectivity index (χ1) is 7.99. The number of aryl methyl sites for hydroxylation is 1. The summed E-state index contributed by atoms with van der Waals surface area (Å²) in [5.41, 5.74) is 9.93. The molecule has 2 aromatic rings. The maximum Gasteiger partial charge on any atom is 0.201 e. The van der Waals surface area contributed by atoms with Crippen molar-refractivity contribution in [2.75, 3.05) is 5.73 Å². The van der Waals surface area contributed by atoms with Gasteiger partial charge in [0.1, 0.15) is 0 Å². The van der Waals surface area contributed by atoms with Crippen LogP contribution in [-0.2, 0) is 6.54 Å². The molecule has 1 fully saturated rings. The molecule has 90 valence electrons. The van der Waals surface area contributed by atoms with Crippen LogP contribution >= 0.6 is 0 Å². The topological polar surface area (TPSA) is 43.8 Å². The van der Waals surface area contributed by atoms with Crippen molar-refractivity contribution in [2.45, 2.75) is 33.7 Å². The summed E-state index contributed by atoms with van der Waals surface area (Å²) in [5, 5.41) is 0. The highest BCUT2D eigenvalue weighted by Crippen LogP contribution is 2.52. The highest BCUT2D eigenvalue weighted by Gasteiger charge is 2.45. The Morgan fingerprint density at radius 1 is 1.47 bits per heavy atom. The van der Waals surface area contributed by atoms with Gasteiger partial charge in [-0.15, -0.1) is 0 Å². The molecule has 1 aliphatic carbocycles. The van der Waals surface area contributed by atoms with Crippen molar-refractivity contribution in [3.05, 3.63) is 23.8 Å². The van der Waals surface area contributed by atoms with Crippen molar-refractivity contribution in [2.24, 2.45) is 11.3 Å². The largest absolute Gasteiger partial charge is 0.369 e. The van der Waals surface area contributed by atoms with E-state index in [1.54, 1.807) is 0 Å². The quantitative estimate of drug-likeness (QED) is 0.860. The van der Waals surface area contributed by atoms with E-state index >= 15 is 0 Å². The minimum absolute atomic E-state index is 0.479. The Hall–Kier alpha value is -1.51. The maximum absolute atomic E-state index is 6.04. The lowest BCUT2D eigenvalue weighted by Gasteiger charge is -2.08. The van der Waals surface area contributed by atoms with Gasteiger partial charge in [-0.05, 0) is 36.3 Å². The van der Waals surface area contributed by atoms with E-state index in [1.807, 2.05) is 0 Å². The van der Waals surface area contributed by atoms with Gasteiger partial charge in [0.05, 0.1) is 11.0 Å². The Morgan fingerprint density at radius 3 is 2.82 bits per heavy atom. The molecule has 0 saturated heterocycles. The number of para-hydroxylation sites is 1. The van der Waals surface area contributed by atoms with Gasteiger partial charge in [0.25, 0.3) is 0 Å². The molecule has 3 nitrogen and oxygen atoms in total. The number of nitrogens with zero attached hydrogens (tertiary/aromatic N) is 2. The molecule has 0 amide bonds. The predicted octanol–water partition coefficient (Wildman–Crippen LogP) is 2.97. The standard InChI is InChI=1S/C14H19N3/c1-9-5-4-6-11-12(9)16-13(15)17(11)8-10-7-14(10,2)3/h4-6,10H,7-8H2,1-3H3,(H2,15,16). The van der Waals surface area contributed by atoms with Crippen molar-refractivity contribution in [3.63, 3.8) is 0 Å². The molecule has 3 heteroatoms. The molecule has 1 heterocycles. The SMILES string of the molecule is Cc1cccc2c1nc(N)n2CC1CC1(C)C. The minimum atomic E-state index is 0.479. The first-order valence-corrected chi connectivity index (χ1v) is 6.20. The summed E-state index contributed by atoms with van der Waals surface area (Å²) in [6.45, 7) is 7.72. The minimum Gasteiger partial charge on any atom is -0.369 e. The molecular weight excluding hydrogens is 210 g/mol. The lowest BCUT2D eigenvalue weighted by atomic mass is 10.1. The van der Waals surface area contributed by atoms with Crippen LogP contribution in [-0.4, -0.2) is 9.55 Å². The third-order valence-electron chi connectivity index (χ3n) is 4.13. The molecular formula is C14H19N3. The fourth-order valence-electron chi connectivity index (χ4n) is 2.61. The number of fused-ring (bicyclic) bond motifs is 1. The fraction of sp³-hybridized carbons (Fsp3) is 0.500. The van der Waals surface area contributed by atoms with Crippen molar-refractivity contribution in [1.29, 1.82) is 0 Å². The van der Waals surface area contributed by atoms with Crippen molar-refractivity contribution in [1.82, 2.24) is 9.55 Å². The Labute approximate surface area is 102 Å². The third-order valence-corrected chi connectivity index (χ3v) is 4.13. The molecule has 1 atom stereocenters. The number of aromatic nitrogens is 2. The monoisotopic (exact) mass is 229 g/mol. The van der Waals surface area contributed by atoms with E-state index in [9.17, 15) is 0 Å². The van der Waals surface area contributed by atoms with E-state index in [2.05, 4.69) is 48.5 Å². The first kappa shape index (κ1) is 10.6. The average molecular weight is 229 g/mol. The molecule has 3 rings (SSSR count). The van der Waals surface area contributed by atoms with Crippen LogP contribution in [0.3, 0.4) is 0 Å². The Bertz CT molecular complexity index is 580. The molecule has 1 aliphatic rings. The number of nitrogens with two attached hydrogens (primary N) is 1. The first-order valence-electron chi connectivity index (χ1n) is 6.20. The van der Waals surface area contributed by atoms with Gasteiger partial charge >= 0.3 is 0 Å². The van der Waals surface area contributed by atoms with Crippen LogP contribution in [0.25, 0.3) is 11.0 Å². The van der Waals surface area contributed by atoms with Crippen LogP contribution in [0.4, 0.5) is 5.95 Å². The molecule has 1 aromatic heterocycles. The van der Waals surface area contributed by atoms with E-state index in [0.29, 0.717) is 11.4 Å². The van der Waals surface area contributed by atoms with E-state index in [1.165, 1.54) is 17.5 Å². The number of anilines is 1. The van der Waals surface area contributed by atoms with Gasteiger partial charge in [0, 0.05) is 6.54 Å². The Kier molecular flexibility index (Phi) is 2.03. The summed E-state index contributed by atoms with van der Waals surface area (Å²) in [4.78, 5) is 4.48. The van der Waals surface area contributed by atoms with Gasteiger partial charge < -0.3 is 10.3 Å². The molecule has 0 radical (unpaired) electrons. The van der Waals surface area contributed by atoms with E-state index < -0.39 is 0 Å². The van der Waals surface area contributed by atoms with Gasteiger partial charge in [-0.25, -0.2) is 4.98 Å². The maximum atomic E-state index is 6.04. The Balaban J connectivity index is 2.04. The van der Waals surface area contributed by atoms with E-state index in [0.717, 1.165) is 18.0 Å². The van der Waals surface area contributed by atoms with Crippen molar-refractivity contribution in [3.8, 4) is 0 Å². The van der Waals surface area contributed by atoms with Crippen molar-refractivity contribution >= 4 is 17.0 Å². The lowest BCUT2D eigenvalue weighted by Crippen LogP contribution is -2.07. The average Bonchev–Trinajstić information content (AvgIpc) is 2.71. The van der Waals surface area contributed by atoms with Crippen LogP contribution in [0, 0.1) is 18.3 Å². The molecule has 0 aliphatic heterocycles. The number of hydrogen-bond acceptors (Lipinski definition) is 2. The Morgan fingerprint density at radius 2 is 2.18 bits per heavy atom. The number of nitrogen functional groups attached to an aromatic ring is 1. The molecule has 17 heavy (non-hydrogen) atoms. The van der Waals surface area contributed by atoms with Gasteiger partial charge in [0.2, 0.25) is 5.95 Å². The van der Waals surface area contributed by atoms with Gasteiger partial charge in [0.15, 0.2) is 0 Å². The number of benzene rings is 1. The highest BCUT2D eigenvalue weighted by molar-refractivity contribution is 5.81. The molecule has 1 unspecified atom stereocenters. The summed E-state index contributed by atoms with van der Waals surface area (Å²) < 4.78 is 2.17. The van der Waals surface area contributed by atoms with E-state index in [4.69, 9.17) is 5.73 Å². The zero-order valence-corrected chi connectivity index (χ0v) is 10.7. The molecule has 2 N–H and O–H groups in total. The van der Waals surface area contributed by atoms with Crippen molar-refractivity contribution < 1.29 is 0 Å². The van der Waals surface area contributed by atoms with Gasteiger partial charge in [-0.3, -0.25) is 0 Å². The zero-order valence-electron chi connectivity index (χ0n) is 10.7. The number of hydrogen-bond donors (Lipinski definition) is 1. The normalized spacial score (nSPS) is 21.9. The lowest BCUT2D eigenvalue weighted by molar-refractivity contribution is 0.507. The number of imidazole rings is 1. The van der Waals surface area contributed by atoms with Crippen LogP contribution in [0.1, 0.15) is 25.8 Å². The summed E-state index contributed by atoms with van der Waals surface area (Å²) in [6.07, 6.45) is 1.29. The third kappa shape index (κ3) is 1.61. The number of rotatable bonds is 2. The summed E-state index contributed by atoms with van der Waals surface area (Å²) in [6, 6.07) is 6.27. The fourth-order valence-corrected chi connectivity index (χ4v) is 2.61. The zero-order chi connectivity index (χ0) is 12.2. The van der Waals surface area contributed by atoms with Gasteiger partial charge in [-0.2, -0.15) is 0 Å². The molecule has 0 bridgehead atoms.